The standard InChI is InChI=1S/C26H29Cl2N3O5/c1-2-3-4-5-19-7-8-20(26(35)36-19)24(33)31-16-18(32)15-23(31)25(34)30-12-10-29(11-13-30)17-6-9-21(27)22(28)14-17/h6-9,14,23H,2-5,10-13,15-16H2,1H3/t23-/m0/s1. The van der Waals surface area contributed by atoms with Crippen molar-refractivity contribution in [2.24, 2.45) is 0 Å². The van der Waals surface area contributed by atoms with Crippen molar-refractivity contribution in [2.75, 3.05) is 37.6 Å². The number of piperazine rings is 1. The van der Waals surface area contributed by atoms with Crippen LogP contribution in [0.4, 0.5) is 5.69 Å². The molecule has 3 heterocycles. The summed E-state index contributed by atoms with van der Waals surface area (Å²) in [5.41, 5.74) is 0.00942. The Bertz CT molecular complexity index is 1210. The number of benzene rings is 1. The van der Waals surface area contributed by atoms with Crippen LogP contribution < -0.4 is 10.5 Å². The minimum atomic E-state index is -0.926. The Balaban J connectivity index is 1.42. The highest BCUT2D eigenvalue weighted by Crippen LogP contribution is 2.28. The monoisotopic (exact) mass is 533 g/mol. The van der Waals surface area contributed by atoms with Crippen LogP contribution in [0, 0.1) is 0 Å². The van der Waals surface area contributed by atoms with E-state index in [9.17, 15) is 19.2 Å². The molecule has 10 heteroatoms. The highest BCUT2D eigenvalue weighted by atomic mass is 35.5. The molecule has 2 aliphatic heterocycles. The summed E-state index contributed by atoms with van der Waals surface area (Å²) in [5.74, 6) is -0.627. The molecule has 0 N–H and O–H groups in total. The number of carbonyl (C=O) groups excluding carboxylic acids is 3. The fourth-order valence-electron chi connectivity index (χ4n) is 4.65. The zero-order valence-electron chi connectivity index (χ0n) is 20.2. The van der Waals surface area contributed by atoms with Gasteiger partial charge in [-0.05, 0) is 36.8 Å². The summed E-state index contributed by atoms with van der Waals surface area (Å²) in [6.45, 7) is 3.89. The number of hydrogen-bond donors (Lipinski definition) is 0. The van der Waals surface area contributed by atoms with E-state index in [1.165, 1.54) is 11.0 Å². The molecule has 2 aliphatic rings. The molecule has 2 amide bonds. The van der Waals surface area contributed by atoms with Gasteiger partial charge in [0, 0.05) is 44.7 Å². The molecule has 0 saturated carbocycles. The van der Waals surface area contributed by atoms with Gasteiger partial charge in [-0.25, -0.2) is 4.79 Å². The molecule has 8 nitrogen and oxygen atoms in total. The summed E-state index contributed by atoms with van der Waals surface area (Å²) in [7, 11) is 0. The first-order valence-corrected chi connectivity index (χ1v) is 13.0. The Morgan fingerprint density at radius 3 is 2.42 bits per heavy atom. The number of rotatable bonds is 7. The fourth-order valence-corrected chi connectivity index (χ4v) is 4.94. The summed E-state index contributed by atoms with van der Waals surface area (Å²) in [6, 6.07) is 7.54. The van der Waals surface area contributed by atoms with Crippen molar-refractivity contribution >= 4 is 46.5 Å². The molecule has 2 saturated heterocycles. The Labute approximate surface area is 219 Å². The van der Waals surface area contributed by atoms with E-state index in [1.807, 2.05) is 6.07 Å². The van der Waals surface area contributed by atoms with Gasteiger partial charge in [0.1, 0.15) is 17.4 Å². The lowest BCUT2D eigenvalue weighted by Crippen LogP contribution is -2.54. The van der Waals surface area contributed by atoms with Crippen molar-refractivity contribution in [3.63, 3.8) is 0 Å². The average molecular weight is 534 g/mol. The van der Waals surface area contributed by atoms with Crippen molar-refractivity contribution in [1.29, 1.82) is 0 Å². The summed E-state index contributed by atoms with van der Waals surface area (Å²) in [4.78, 5) is 56.3. The molecule has 1 aromatic heterocycles. The first-order chi connectivity index (χ1) is 17.3. The average Bonchev–Trinajstić information content (AvgIpc) is 3.27. The second-order valence-corrected chi connectivity index (χ2v) is 9.98. The lowest BCUT2D eigenvalue weighted by atomic mass is 10.1. The predicted octanol–water partition coefficient (Wildman–Crippen LogP) is 3.81. The minimum Gasteiger partial charge on any atom is -0.427 e. The number of unbranched alkanes of at least 4 members (excludes halogenated alkanes) is 2. The smallest absolute Gasteiger partial charge is 0.348 e. The van der Waals surface area contributed by atoms with Gasteiger partial charge in [-0.15, -0.1) is 0 Å². The van der Waals surface area contributed by atoms with E-state index in [1.54, 1.807) is 23.1 Å². The zero-order chi connectivity index (χ0) is 25.8. The van der Waals surface area contributed by atoms with Gasteiger partial charge >= 0.3 is 5.63 Å². The third-order valence-electron chi connectivity index (χ3n) is 6.69. The maximum absolute atomic E-state index is 13.3. The highest BCUT2D eigenvalue weighted by Gasteiger charge is 2.42. The van der Waals surface area contributed by atoms with Gasteiger partial charge < -0.3 is 19.1 Å². The highest BCUT2D eigenvalue weighted by molar-refractivity contribution is 6.42. The lowest BCUT2D eigenvalue weighted by Gasteiger charge is -2.38. The molecule has 0 bridgehead atoms. The van der Waals surface area contributed by atoms with Crippen LogP contribution in [0.25, 0.3) is 0 Å². The molecule has 0 spiro atoms. The number of aryl methyl sites for hydroxylation is 1. The summed E-state index contributed by atoms with van der Waals surface area (Å²) in [6.07, 6.45) is 3.52. The topological polar surface area (TPSA) is 91.1 Å². The van der Waals surface area contributed by atoms with E-state index >= 15 is 0 Å². The van der Waals surface area contributed by atoms with E-state index < -0.39 is 17.6 Å². The van der Waals surface area contributed by atoms with Gasteiger partial charge in [0.05, 0.1) is 16.6 Å². The van der Waals surface area contributed by atoms with Crippen molar-refractivity contribution in [2.45, 2.75) is 45.1 Å². The maximum Gasteiger partial charge on any atom is 0.348 e. The van der Waals surface area contributed by atoms with Crippen LogP contribution in [-0.4, -0.2) is 66.2 Å². The molecule has 1 aromatic carbocycles. The number of carbonyl (C=O) groups is 3. The molecule has 0 aliphatic carbocycles. The summed E-state index contributed by atoms with van der Waals surface area (Å²) in [5, 5.41) is 0.940. The molecule has 1 atom stereocenters. The molecule has 0 unspecified atom stereocenters. The fraction of sp³-hybridized carbons (Fsp3) is 0.462. The van der Waals surface area contributed by atoms with Crippen molar-refractivity contribution in [3.8, 4) is 0 Å². The molecule has 0 radical (unpaired) electrons. The number of halogens is 2. The van der Waals surface area contributed by atoms with E-state index in [2.05, 4.69) is 11.8 Å². The largest absolute Gasteiger partial charge is 0.427 e. The first-order valence-electron chi connectivity index (χ1n) is 12.2. The zero-order valence-corrected chi connectivity index (χ0v) is 21.7. The number of amides is 2. The number of Topliss-reactive ketones (excluding diaryl/α,β-unsaturated/α-hetero) is 1. The quantitative estimate of drug-likeness (QED) is 0.502. The minimum absolute atomic E-state index is 0.0575. The Morgan fingerprint density at radius 2 is 1.75 bits per heavy atom. The van der Waals surface area contributed by atoms with Crippen LogP contribution in [0.3, 0.4) is 0 Å². The van der Waals surface area contributed by atoms with Crippen LogP contribution >= 0.6 is 23.2 Å². The van der Waals surface area contributed by atoms with Crippen molar-refractivity contribution in [1.82, 2.24) is 9.80 Å². The Morgan fingerprint density at radius 1 is 1.00 bits per heavy atom. The number of ketones is 1. The second kappa shape index (κ2) is 11.5. The maximum atomic E-state index is 13.3. The predicted molar refractivity (Wildman–Crippen MR) is 138 cm³/mol. The van der Waals surface area contributed by atoms with E-state index in [-0.39, 0.29) is 30.2 Å². The molecular formula is C26H29Cl2N3O5. The number of likely N-dealkylation sites (tertiary alicyclic amines) is 1. The normalized spacial score (nSPS) is 18.1. The van der Waals surface area contributed by atoms with Gasteiger partial charge in [-0.3, -0.25) is 14.4 Å². The Hall–Kier alpha value is -2.84. The summed E-state index contributed by atoms with van der Waals surface area (Å²) >= 11 is 12.1. The van der Waals surface area contributed by atoms with Crippen molar-refractivity contribution < 1.29 is 18.8 Å². The van der Waals surface area contributed by atoms with E-state index in [4.69, 9.17) is 27.6 Å². The van der Waals surface area contributed by atoms with Gasteiger partial charge in [-0.2, -0.15) is 0 Å². The third kappa shape index (κ3) is 5.76. The van der Waals surface area contributed by atoms with Crippen LogP contribution in [0.5, 0.6) is 0 Å². The number of hydrogen-bond acceptors (Lipinski definition) is 6. The first kappa shape index (κ1) is 26.2. The third-order valence-corrected chi connectivity index (χ3v) is 7.43. The van der Waals surface area contributed by atoms with Crippen LogP contribution in [0.2, 0.25) is 10.0 Å². The molecule has 2 fully saturated rings. The molecule has 4 rings (SSSR count). The molecular weight excluding hydrogens is 505 g/mol. The number of nitrogens with zero attached hydrogens (tertiary/aromatic N) is 3. The SMILES string of the molecule is CCCCCc1ccc(C(=O)N2CC(=O)C[C@H]2C(=O)N2CCN(c3ccc(Cl)c(Cl)c3)CC2)c(=O)o1. The Kier molecular flexibility index (Phi) is 8.36. The van der Waals surface area contributed by atoms with Crippen LogP contribution in [-0.2, 0) is 16.0 Å². The number of anilines is 1. The van der Waals surface area contributed by atoms with Crippen molar-refractivity contribution in [3.05, 3.63) is 62.1 Å². The molecule has 36 heavy (non-hydrogen) atoms. The van der Waals surface area contributed by atoms with Gasteiger partial charge in [0.25, 0.3) is 5.91 Å². The van der Waals surface area contributed by atoms with Crippen LogP contribution in [0.1, 0.15) is 48.7 Å². The van der Waals surface area contributed by atoms with Crippen LogP contribution in [0.15, 0.2) is 39.5 Å². The second-order valence-electron chi connectivity index (χ2n) is 9.16. The van der Waals surface area contributed by atoms with E-state index in [0.29, 0.717) is 48.4 Å². The molecule has 2 aromatic rings. The lowest BCUT2D eigenvalue weighted by molar-refractivity contribution is -0.135. The van der Waals surface area contributed by atoms with Gasteiger partial charge in [-0.1, -0.05) is 43.0 Å². The summed E-state index contributed by atoms with van der Waals surface area (Å²) < 4.78 is 5.34. The molecule has 192 valence electrons. The van der Waals surface area contributed by atoms with E-state index in [0.717, 1.165) is 24.9 Å². The van der Waals surface area contributed by atoms with Gasteiger partial charge in [0.2, 0.25) is 5.91 Å². The van der Waals surface area contributed by atoms with Gasteiger partial charge in [0.15, 0.2) is 5.78 Å².